The number of rotatable bonds is 4. The van der Waals surface area contributed by atoms with Gasteiger partial charge in [0, 0.05) is 19.2 Å². The number of carbonyl (C=O) groups excluding carboxylic acids is 1. The number of nitrogens with zero attached hydrogens (tertiary/aromatic N) is 3. The number of para-hydroxylation sites is 1. The molecule has 2 aromatic heterocycles. The monoisotopic (exact) mass is 379 g/mol. The Balaban J connectivity index is 1.68. The third kappa shape index (κ3) is 3.31. The van der Waals surface area contributed by atoms with Crippen LogP contribution in [0, 0.1) is 11.8 Å². The largest absolute Gasteiger partial charge is 0.481 e. The van der Waals surface area contributed by atoms with Crippen LogP contribution in [0.15, 0.2) is 59.2 Å². The summed E-state index contributed by atoms with van der Waals surface area (Å²) in [6.45, 7) is 2.70. The summed E-state index contributed by atoms with van der Waals surface area (Å²) in [5, 5.41) is 13.9. The Kier molecular flexibility index (Phi) is 4.73. The molecule has 0 saturated carbocycles. The molecule has 2 atom stereocenters. The van der Waals surface area contributed by atoms with Gasteiger partial charge in [-0.3, -0.25) is 9.59 Å². The lowest BCUT2D eigenvalue weighted by atomic mass is 9.87. The second-order valence-electron chi connectivity index (χ2n) is 7.10. The second-order valence-corrected chi connectivity index (χ2v) is 7.10. The van der Waals surface area contributed by atoms with Crippen LogP contribution in [-0.2, 0) is 4.79 Å². The molecule has 1 aromatic carbocycles. The van der Waals surface area contributed by atoms with E-state index in [4.69, 9.17) is 4.42 Å². The summed E-state index contributed by atoms with van der Waals surface area (Å²) >= 11 is 0. The van der Waals surface area contributed by atoms with Gasteiger partial charge in [0.25, 0.3) is 5.91 Å². The summed E-state index contributed by atoms with van der Waals surface area (Å²) in [5.74, 6) is -0.893. The molecule has 1 amide bonds. The molecule has 4 rings (SSSR count). The fraction of sp³-hybridized carbons (Fsp3) is 0.286. The highest BCUT2D eigenvalue weighted by Gasteiger charge is 2.34. The minimum atomic E-state index is -0.797. The van der Waals surface area contributed by atoms with Crippen molar-refractivity contribution in [3.05, 3.63) is 60.5 Å². The maximum Gasteiger partial charge on any atom is 0.306 e. The zero-order chi connectivity index (χ0) is 19.7. The number of carbonyl (C=O) groups is 2. The highest BCUT2D eigenvalue weighted by atomic mass is 16.4. The van der Waals surface area contributed by atoms with E-state index in [9.17, 15) is 14.7 Å². The number of carboxylic acids is 1. The number of carboxylic acid groups (broad SMARTS) is 1. The van der Waals surface area contributed by atoms with Crippen molar-refractivity contribution in [3.8, 4) is 17.1 Å². The topological polar surface area (TPSA) is 88.6 Å². The molecule has 1 N–H and O–H groups in total. The molecule has 0 bridgehead atoms. The third-order valence-electron chi connectivity index (χ3n) is 5.21. The van der Waals surface area contributed by atoms with Crippen LogP contribution in [0.1, 0.15) is 23.8 Å². The molecule has 0 aliphatic carbocycles. The maximum absolute atomic E-state index is 13.3. The molecule has 7 heteroatoms. The van der Waals surface area contributed by atoms with Crippen LogP contribution in [0.5, 0.6) is 0 Å². The molecule has 3 aromatic rings. The predicted molar refractivity (Wildman–Crippen MR) is 102 cm³/mol. The number of aromatic nitrogens is 2. The van der Waals surface area contributed by atoms with Gasteiger partial charge in [-0.25, -0.2) is 4.68 Å². The van der Waals surface area contributed by atoms with E-state index in [1.165, 1.54) is 0 Å². The summed E-state index contributed by atoms with van der Waals surface area (Å²) in [6, 6.07) is 14.7. The molecule has 0 spiro atoms. The minimum absolute atomic E-state index is 0.104. The summed E-state index contributed by atoms with van der Waals surface area (Å²) in [5.41, 5.74) is 1.78. The van der Waals surface area contributed by atoms with Gasteiger partial charge in [-0.15, -0.1) is 0 Å². The van der Waals surface area contributed by atoms with Crippen molar-refractivity contribution < 1.29 is 19.1 Å². The number of furan rings is 1. The van der Waals surface area contributed by atoms with E-state index in [0.717, 1.165) is 5.69 Å². The highest BCUT2D eigenvalue weighted by Crippen LogP contribution is 2.27. The quantitative estimate of drug-likeness (QED) is 0.751. The molecule has 1 aliphatic heterocycles. The van der Waals surface area contributed by atoms with Crippen molar-refractivity contribution in [2.75, 3.05) is 13.1 Å². The first-order valence-corrected chi connectivity index (χ1v) is 9.26. The summed E-state index contributed by atoms with van der Waals surface area (Å²) in [6.07, 6.45) is 2.02. The number of aliphatic carboxylic acids is 1. The molecule has 28 heavy (non-hydrogen) atoms. The number of hydrogen-bond donors (Lipinski definition) is 1. The lowest BCUT2D eigenvalue weighted by molar-refractivity contribution is -0.145. The predicted octanol–water partition coefficient (Wildman–Crippen LogP) is 3.32. The summed E-state index contributed by atoms with van der Waals surface area (Å²) in [4.78, 5) is 26.4. The average Bonchev–Trinajstić information content (AvgIpc) is 3.37. The van der Waals surface area contributed by atoms with E-state index in [1.807, 2.05) is 37.3 Å². The fourth-order valence-electron chi connectivity index (χ4n) is 3.70. The Hall–Kier alpha value is -3.35. The Labute approximate surface area is 162 Å². The molecule has 144 valence electrons. The van der Waals surface area contributed by atoms with Crippen LogP contribution in [0.3, 0.4) is 0 Å². The normalized spacial score (nSPS) is 19.5. The molecule has 1 fully saturated rings. The van der Waals surface area contributed by atoms with Crippen LogP contribution in [0.4, 0.5) is 0 Å². The van der Waals surface area contributed by atoms with Crippen LogP contribution in [-0.4, -0.2) is 44.8 Å². The Morgan fingerprint density at radius 3 is 2.61 bits per heavy atom. The van der Waals surface area contributed by atoms with Crippen molar-refractivity contribution in [1.82, 2.24) is 14.7 Å². The first-order valence-electron chi connectivity index (χ1n) is 9.26. The standard InChI is InChI=1S/C21H21N3O4/c1-14-13-23(10-9-16(14)21(26)27)20(25)18-12-17(19-8-5-11-28-19)22-24(18)15-6-3-2-4-7-15/h2-8,11-12,14,16H,9-10,13H2,1H3,(H,26,27). The Bertz CT molecular complexity index is 979. The zero-order valence-corrected chi connectivity index (χ0v) is 15.5. The van der Waals surface area contributed by atoms with E-state index in [2.05, 4.69) is 5.10 Å². The van der Waals surface area contributed by atoms with Gasteiger partial charge in [-0.05, 0) is 36.6 Å². The van der Waals surface area contributed by atoms with Gasteiger partial charge in [-0.2, -0.15) is 5.10 Å². The fourth-order valence-corrected chi connectivity index (χ4v) is 3.70. The van der Waals surface area contributed by atoms with Crippen molar-refractivity contribution in [2.24, 2.45) is 11.8 Å². The third-order valence-corrected chi connectivity index (χ3v) is 5.21. The Morgan fingerprint density at radius 2 is 1.96 bits per heavy atom. The lowest BCUT2D eigenvalue weighted by Crippen LogP contribution is -2.45. The van der Waals surface area contributed by atoms with E-state index < -0.39 is 11.9 Å². The first-order chi connectivity index (χ1) is 13.5. The zero-order valence-electron chi connectivity index (χ0n) is 15.5. The summed E-state index contributed by atoms with van der Waals surface area (Å²) < 4.78 is 7.06. The molecule has 3 heterocycles. The van der Waals surface area contributed by atoms with Crippen LogP contribution < -0.4 is 0 Å². The summed E-state index contributed by atoms with van der Waals surface area (Å²) in [7, 11) is 0. The van der Waals surface area contributed by atoms with Gasteiger partial charge in [0.1, 0.15) is 11.4 Å². The van der Waals surface area contributed by atoms with Crippen LogP contribution in [0.2, 0.25) is 0 Å². The van der Waals surface area contributed by atoms with Crippen LogP contribution in [0.25, 0.3) is 17.1 Å². The number of hydrogen-bond acceptors (Lipinski definition) is 4. The molecule has 0 radical (unpaired) electrons. The number of piperidine rings is 1. The lowest BCUT2D eigenvalue weighted by Gasteiger charge is -2.34. The molecule has 1 aliphatic rings. The minimum Gasteiger partial charge on any atom is -0.481 e. The maximum atomic E-state index is 13.3. The highest BCUT2D eigenvalue weighted by molar-refractivity contribution is 5.94. The Morgan fingerprint density at radius 1 is 1.18 bits per heavy atom. The number of likely N-dealkylation sites (tertiary alicyclic amines) is 1. The molecule has 7 nitrogen and oxygen atoms in total. The first kappa shape index (κ1) is 18.0. The van der Waals surface area contributed by atoms with Gasteiger partial charge in [0.2, 0.25) is 0 Å². The van der Waals surface area contributed by atoms with Crippen LogP contribution >= 0.6 is 0 Å². The van der Waals surface area contributed by atoms with Gasteiger partial charge in [0.15, 0.2) is 5.76 Å². The van der Waals surface area contributed by atoms with E-state index >= 15 is 0 Å². The average molecular weight is 379 g/mol. The SMILES string of the molecule is CC1CN(C(=O)c2cc(-c3ccco3)nn2-c2ccccc2)CCC1C(=O)O. The van der Waals surface area contributed by atoms with E-state index in [1.54, 1.807) is 34.0 Å². The van der Waals surface area contributed by atoms with Crippen molar-refractivity contribution in [1.29, 1.82) is 0 Å². The smallest absolute Gasteiger partial charge is 0.306 e. The van der Waals surface area contributed by atoms with E-state index in [0.29, 0.717) is 36.7 Å². The molecular formula is C21H21N3O4. The van der Waals surface area contributed by atoms with Gasteiger partial charge < -0.3 is 14.4 Å². The molecule has 1 saturated heterocycles. The second kappa shape index (κ2) is 7.34. The molecule has 2 unspecified atom stereocenters. The van der Waals surface area contributed by atoms with Gasteiger partial charge in [0.05, 0.1) is 17.9 Å². The van der Waals surface area contributed by atoms with Crippen molar-refractivity contribution in [2.45, 2.75) is 13.3 Å². The van der Waals surface area contributed by atoms with Gasteiger partial charge in [-0.1, -0.05) is 25.1 Å². The van der Waals surface area contributed by atoms with E-state index in [-0.39, 0.29) is 11.8 Å². The number of amides is 1. The van der Waals surface area contributed by atoms with Crippen molar-refractivity contribution in [3.63, 3.8) is 0 Å². The molecular weight excluding hydrogens is 358 g/mol. The van der Waals surface area contributed by atoms with Gasteiger partial charge >= 0.3 is 5.97 Å². The van der Waals surface area contributed by atoms with Crippen molar-refractivity contribution >= 4 is 11.9 Å². The number of benzene rings is 1.